The van der Waals surface area contributed by atoms with E-state index < -0.39 is 0 Å². The maximum Gasteiger partial charge on any atom is 0.318 e. The van der Waals surface area contributed by atoms with E-state index in [0.29, 0.717) is 11.8 Å². The normalized spacial score (nSPS) is 10.6. The topological polar surface area (TPSA) is 75.7 Å². The number of H-pyrrole nitrogens is 1. The monoisotopic (exact) mass is 233 g/mol. The number of aromatic amines is 1. The van der Waals surface area contributed by atoms with Crippen LogP contribution in [0.15, 0.2) is 18.3 Å². The largest absolute Gasteiger partial charge is 0.461 e. The molecular weight excluding hydrogens is 218 g/mol. The Hall–Kier alpha value is -2.11. The van der Waals surface area contributed by atoms with Gasteiger partial charge >= 0.3 is 6.01 Å². The van der Waals surface area contributed by atoms with Gasteiger partial charge in [-0.1, -0.05) is 0 Å². The summed E-state index contributed by atoms with van der Waals surface area (Å²) in [6, 6.07) is 4.01. The Labute approximate surface area is 99.4 Å². The number of ether oxygens (including phenoxy) is 1. The minimum absolute atomic E-state index is 0.0536. The Kier molecular flexibility index (Phi) is 3.22. The average molecular weight is 233 g/mol. The van der Waals surface area contributed by atoms with Gasteiger partial charge in [-0.3, -0.25) is 5.10 Å². The molecule has 0 atom stereocenters. The number of hydrogen-bond acceptors (Lipinski definition) is 5. The molecule has 17 heavy (non-hydrogen) atoms. The molecule has 0 aliphatic heterocycles. The van der Waals surface area contributed by atoms with E-state index in [-0.39, 0.29) is 6.10 Å². The van der Waals surface area contributed by atoms with Crippen LogP contribution in [0.1, 0.15) is 19.5 Å². The zero-order chi connectivity index (χ0) is 12.3. The fraction of sp³-hybridized carbons (Fsp3) is 0.364. The first kappa shape index (κ1) is 11.4. The summed E-state index contributed by atoms with van der Waals surface area (Å²) in [7, 11) is 0. The van der Waals surface area contributed by atoms with Gasteiger partial charge in [0.1, 0.15) is 5.82 Å². The SMILES string of the molecule is Cc1cc(Nc2ccnc(OC(C)C)n2)n[nH]1. The maximum absolute atomic E-state index is 5.41. The number of aromatic nitrogens is 4. The van der Waals surface area contributed by atoms with Gasteiger partial charge in [0.05, 0.1) is 6.10 Å². The van der Waals surface area contributed by atoms with Crippen molar-refractivity contribution in [3.8, 4) is 6.01 Å². The Bertz CT molecular complexity index is 494. The van der Waals surface area contributed by atoms with Gasteiger partial charge < -0.3 is 10.1 Å². The summed E-state index contributed by atoms with van der Waals surface area (Å²) in [5.41, 5.74) is 0.986. The quantitative estimate of drug-likeness (QED) is 0.845. The molecule has 6 heteroatoms. The Morgan fingerprint density at radius 1 is 1.35 bits per heavy atom. The van der Waals surface area contributed by atoms with Gasteiger partial charge in [0.15, 0.2) is 5.82 Å². The molecule has 2 rings (SSSR count). The first-order valence-electron chi connectivity index (χ1n) is 5.42. The fourth-order valence-corrected chi connectivity index (χ4v) is 1.29. The van der Waals surface area contributed by atoms with E-state index in [1.807, 2.05) is 26.8 Å². The van der Waals surface area contributed by atoms with E-state index >= 15 is 0 Å². The van der Waals surface area contributed by atoms with Crippen molar-refractivity contribution >= 4 is 11.6 Å². The summed E-state index contributed by atoms with van der Waals surface area (Å²) in [6.07, 6.45) is 1.70. The van der Waals surface area contributed by atoms with Crippen molar-refractivity contribution < 1.29 is 4.74 Å². The maximum atomic E-state index is 5.41. The van der Waals surface area contributed by atoms with Crippen molar-refractivity contribution in [2.75, 3.05) is 5.32 Å². The molecule has 0 saturated carbocycles. The number of nitrogens with zero attached hydrogens (tertiary/aromatic N) is 3. The van der Waals surface area contributed by atoms with Gasteiger partial charge in [-0.2, -0.15) is 10.1 Å². The van der Waals surface area contributed by atoms with Crippen LogP contribution in [0.4, 0.5) is 11.6 Å². The lowest BCUT2D eigenvalue weighted by Gasteiger charge is -2.08. The van der Waals surface area contributed by atoms with Gasteiger partial charge in [0, 0.05) is 18.0 Å². The van der Waals surface area contributed by atoms with Gasteiger partial charge in [0.25, 0.3) is 0 Å². The second-order valence-corrected chi connectivity index (χ2v) is 3.95. The number of rotatable bonds is 4. The Balaban J connectivity index is 2.10. The molecule has 0 bridgehead atoms. The third-order valence-corrected chi connectivity index (χ3v) is 1.94. The number of nitrogens with one attached hydrogen (secondary N) is 2. The molecule has 0 unspecified atom stereocenters. The van der Waals surface area contributed by atoms with E-state index in [1.54, 1.807) is 12.3 Å². The van der Waals surface area contributed by atoms with Crippen molar-refractivity contribution in [1.29, 1.82) is 0 Å². The molecule has 0 radical (unpaired) electrons. The van der Waals surface area contributed by atoms with Gasteiger partial charge in [-0.05, 0) is 26.8 Å². The standard InChI is InChI=1S/C11H15N5O/c1-7(2)17-11-12-5-4-9(14-11)13-10-6-8(3)15-16-10/h4-7H,1-3H3,(H2,12,13,14,15,16). The van der Waals surface area contributed by atoms with Crippen LogP contribution in [0, 0.1) is 6.92 Å². The lowest BCUT2D eigenvalue weighted by atomic mass is 10.4. The van der Waals surface area contributed by atoms with Crippen LogP contribution < -0.4 is 10.1 Å². The molecule has 6 nitrogen and oxygen atoms in total. The summed E-state index contributed by atoms with van der Waals surface area (Å²) in [4.78, 5) is 8.24. The molecule has 0 aliphatic rings. The molecule has 0 fully saturated rings. The van der Waals surface area contributed by atoms with Crippen LogP contribution in [0.2, 0.25) is 0 Å². The minimum atomic E-state index is 0.0536. The van der Waals surface area contributed by atoms with Crippen LogP contribution in [-0.2, 0) is 0 Å². The van der Waals surface area contributed by atoms with E-state index in [4.69, 9.17) is 4.74 Å². The van der Waals surface area contributed by atoms with Crippen LogP contribution >= 0.6 is 0 Å². The molecule has 0 aromatic carbocycles. The Morgan fingerprint density at radius 3 is 2.82 bits per heavy atom. The highest BCUT2D eigenvalue weighted by molar-refractivity contribution is 5.51. The molecule has 0 spiro atoms. The minimum Gasteiger partial charge on any atom is -0.461 e. The van der Waals surface area contributed by atoms with Crippen molar-refractivity contribution in [1.82, 2.24) is 20.2 Å². The molecular formula is C11H15N5O. The molecule has 2 aromatic rings. The smallest absolute Gasteiger partial charge is 0.318 e. The van der Waals surface area contributed by atoms with Crippen molar-refractivity contribution in [3.63, 3.8) is 0 Å². The van der Waals surface area contributed by atoms with Crippen molar-refractivity contribution in [2.45, 2.75) is 26.9 Å². The van der Waals surface area contributed by atoms with Crippen LogP contribution in [0.3, 0.4) is 0 Å². The van der Waals surface area contributed by atoms with Gasteiger partial charge in [-0.25, -0.2) is 4.98 Å². The summed E-state index contributed by atoms with van der Waals surface area (Å²) >= 11 is 0. The predicted molar refractivity (Wildman–Crippen MR) is 64.4 cm³/mol. The zero-order valence-corrected chi connectivity index (χ0v) is 10.1. The first-order chi connectivity index (χ1) is 8.13. The second-order valence-electron chi connectivity index (χ2n) is 3.95. The molecule has 0 aliphatic carbocycles. The molecule has 2 heterocycles. The van der Waals surface area contributed by atoms with Crippen LogP contribution in [0.25, 0.3) is 0 Å². The third-order valence-electron chi connectivity index (χ3n) is 1.94. The molecule has 2 N–H and O–H groups in total. The number of anilines is 2. The third kappa shape index (κ3) is 3.17. The van der Waals surface area contributed by atoms with Crippen molar-refractivity contribution in [2.24, 2.45) is 0 Å². The summed E-state index contributed by atoms with van der Waals surface area (Å²) in [5, 5.41) is 9.98. The summed E-state index contributed by atoms with van der Waals surface area (Å²) in [5.74, 6) is 1.37. The van der Waals surface area contributed by atoms with E-state index in [1.165, 1.54) is 0 Å². The molecule has 0 saturated heterocycles. The van der Waals surface area contributed by atoms with E-state index in [2.05, 4.69) is 25.5 Å². The van der Waals surface area contributed by atoms with Crippen LogP contribution in [0.5, 0.6) is 6.01 Å². The molecule has 2 aromatic heterocycles. The number of aryl methyl sites for hydroxylation is 1. The predicted octanol–water partition coefficient (Wildman–Crippen LogP) is 2.04. The lowest BCUT2D eigenvalue weighted by molar-refractivity contribution is 0.222. The van der Waals surface area contributed by atoms with E-state index in [9.17, 15) is 0 Å². The highest BCUT2D eigenvalue weighted by atomic mass is 16.5. The number of hydrogen-bond donors (Lipinski definition) is 2. The zero-order valence-electron chi connectivity index (χ0n) is 10.1. The highest BCUT2D eigenvalue weighted by Gasteiger charge is 2.04. The van der Waals surface area contributed by atoms with Crippen molar-refractivity contribution in [3.05, 3.63) is 24.0 Å². The fourth-order valence-electron chi connectivity index (χ4n) is 1.29. The highest BCUT2D eigenvalue weighted by Crippen LogP contribution is 2.14. The molecule has 90 valence electrons. The molecule has 0 amide bonds. The van der Waals surface area contributed by atoms with Crippen LogP contribution in [-0.4, -0.2) is 26.3 Å². The first-order valence-corrected chi connectivity index (χ1v) is 5.42. The van der Waals surface area contributed by atoms with Gasteiger partial charge in [-0.15, -0.1) is 0 Å². The Morgan fingerprint density at radius 2 is 2.18 bits per heavy atom. The van der Waals surface area contributed by atoms with E-state index in [0.717, 1.165) is 11.5 Å². The van der Waals surface area contributed by atoms with Gasteiger partial charge in [0.2, 0.25) is 0 Å². The summed E-state index contributed by atoms with van der Waals surface area (Å²) in [6.45, 7) is 5.80. The average Bonchev–Trinajstić information content (AvgIpc) is 2.63. The summed E-state index contributed by atoms with van der Waals surface area (Å²) < 4.78 is 5.41. The second kappa shape index (κ2) is 4.82. The lowest BCUT2D eigenvalue weighted by Crippen LogP contribution is -2.09.